The van der Waals surface area contributed by atoms with E-state index in [-0.39, 0.29) is 17.5 Å². The number of nitrogens with zero attached hydrogens (tertiary/aromatic N) is 3. The Kier molecular flexibility index (Phi) is 4.81. The number of carboxylic acids is 1. The summed E-state index contributed by atoms with van der Waals surface area (Å²) in [6.07, 6.45) is 4.29. The molecule has 2 aliphatic heterocycles. The van der Waals surface area contributed by atoms with Gasteiger partial charge < -0.3 is 24.2 Å². The third-order valence-electron chi connectivity index (χ3n) is 5.05. The van der Waals surface area contributed by atoms with Crippen molar-refractivity contribution in [2.75, 3.05) is 33.4 Å². The second-order valence-electron chi connectivity index (χ2n) is 6.74. The highest BCUT2D eigenvalue weighted by Gasteiger charge is 2.28. The summed E-state index contributed by atoms with van der Waals surface area (Å²) >= 11 is 0. The number of aromatic nitrogens is 2. The Morgan fingerprint density at radius 3 is 2.61 bits per heavy atom. The maximum Gasteiger partial charge on any atom is 0.338 e. The number of hydrogen-bond acceptors (Lipinski definition) is 6. The van der Waals surface area contributed by atoms with Crippen LogP contribution < -0.4 is 14.2 Å². The molecule has 0 unspecified atom stereocenters. The van der Waals surface area contributed by atoms with Crippen molar-refractivity contribution in [1.29, 1.82) is 0 Å². The lowest BCUT2D eigenvalue weighted by Gasteiger charge is -2.32. The molecule has 1 amide bonds. The average molecular weight is 387 g/mol. The van der Waals surface area contributed by atoms with Crippen LogP contribution in [-0.2, 0) is 0 Å². The Balaban J connectivity index is 1.46. The first-order valence-electron chi connectivity index (χ1n) is 9.11. The average Bonchev–Trinajstić information content (AvgIpc) is 3.23. The standard InChI is InChI=1S/C19H21N3O6/c1-26-15-8-12(9-16-17(15)28-7-6-27-16)18(23)21-4-2-14(3-5-21)22-11-13(10-20-22)19(24)25/h8-11,14H,2-7H2,1H3,(H,24,25). The molecule has 1 fully saturated rings. The van der Waals surface area contributed by atoms with Crippen molar-refractivity contribution < 1.29 is 28.9 Å². The van der Waals surface area contributed by atoms with Crippen molar-refractivity contribution in [2.45, 2.75) is 18.9 Å². The Labute approximate surface area is 161 Å². The third kappa shape index (κ3) is 3.35. The number of likely N-dealkylation sites (tertiary alicyclic amines) is 1. The molecular formula is C19H21N3O6. The van der Waals surface area contributed by atoms with Crippen LogP contribution in [0.5, 0.6) is 17.2 Å². The predicted molar refractivity (Wildman–Crippen MR) is 97.3 cm³/mol. The zero-order chi connectivity index (χ0) is 19.7. The molecule has 1 aromatic heterocycles. The summed E-state index contributed by atoms with van der Waals surface area (Å²) in [4.78, 5) is 25.8. The van der Waals surface area contributed by atoms with Crippen LogP contribution in [0.1, 0.15) is 39.6 Å². The van der Waals surface area contributed by atoms with E-state index in [9.17, 15) is 9.59 Å². The number of rotatable bonds is 4. The van der Waals surface area contributed by atoms with Gasteiger partial charge in [0.05, 0.1) is 24.9 Å². The van der Waals surface area contributed by atoms with Crippen molar-refractivity contribution in [3.8, 4) is 17.2 Å². The fourth-order valence-electron chi connectivity index (χ4n) is 3.56. The van der Waals surface area contributed by atoms with Gasteiger partial charge in [-0.3, -0.25) is 9.48 Å². The molecule has 1 saturated heterocycles. The van der Waals surface area contributed by atoms with Crippen molar-refractivity contribution in [3.63, 3.8) is 0 Å². The van der Waals surface area contributed by atoms with E-state index in [1.165, 1.54) is 19.5 Å². The van der Waals surface area contributed by atoms with Crippen LogP contribution in [0.2, 0.25) is 0 Å². The van der Waals surface area contributed by atoms with Crippen molar-refractivity contribution >= 4 is 11.9 Å². The SMILES string of the molecule is COc1cc(C(=O)N2CCC(n3cc(C(=O)O)cn3)CC2)cc2c1OCCO2. The van der Waals surface area contributed by atoms with Crippen LogP contribution in [0.4, 0.5) is 0 Å². The maximum atomic E-state index is 13.0. The van der Waals surface area contributed by atoms with Crippen molar-refractivity contribution in [1.82, 2.24) is 14.7 Å². The first-order chi connectivity index (χ1) is 13.6. The lowest BCUT2D eigenvalue weighted by Crippen LogP contribution is -2.39. The molecule has 4 rings (SSSR count). The van der Waals surface area contributed by atoms with E-state index in [1.54, 1.807) is 21.7 Å². The number of hydrogen-bond donors (Lipinski definition) is 1. The molecule has 0 aliphatic carbocycles. The molecule has 148 valence electrons. The Morgan fingerprint density at radius 1 is 1.18 bits per heavy atom. The second kappa shape index (κ2) is 7.41. The van der Waals surface area contributed by atoms with Crippen LogP contribution >= 0.6 is 0 Å². The predicted octanol–water partition coefficient (Wildman–Crippen LogP) is 1.84. The van der Waals surface area contributed by atoms with E-state index in [0.29, 0.717) is 62.0 Å². The van der Waals surface area contributed by atoms with Crippen molar-refractivity contribution in [3.05, 3.63) is 35.7 Å². The highest BCUT2D eigenvalue weighted by molar-refractivity contribution is 5.95. The van der Waals surface area contributed by atoms with E-state index >= 15 is 0 Å². The number of methoxy groups -OCH3 is 1. The number of carbonyl (C=O) groups is 2. The minimum absolute atomic E-state index is 0.0759. The largest absolute Gasteiger partial charge is 0.493 e. The van der Waals surface area contributed by atoms with Gasteiger partial charge in [0.2, 0.25) is 5.75 Å². The summed E-state index contributed by atoms with van der Waals surface area (Å²) in [5, 5.41) is 13.2. The van der Waals surface area contributed by atoms with Crippen molar-refractivity contribution in [2.24, 2.45) is 0 Å². The molecule has 1 aromatic carbocycles. The summed E-state index contributed by atoms with van der Waals surface area (Å²) in [7, 11) is 1.53. The number of piperidine rings is 1. The summed E-state index contributed by atoms with van der Waals surface area (Å²) in [5.74, 6) is 0.429. The van der Waals surface area contributed by atoms with Crippen LogP contribution in [-0.4, -0.2) is 65.1 Å². The van der Waals surface area contributed by atoms with Crippen LogP contribution in [0.3, 0.4) is 0 Å². The summed E-state index contributed by atoms with van der Waals surface area (Å²) < 4.78 is 18.2. The molecule has 2 aliphatic rings. The molecule has 2 aromatic rings. The topological polar surface area (TPSA) is 103 Å². The summed E-state index contributed by atoms with van der Waals surface area (Å²) in [5.41, 5.74) is 0.661. The fourth-order valence-corrected chi connectivity index (χ4v) is 3.56. The summed E-state index contributed by atoms with van der Waals surface area (Å²) in [6, 6.07) is 3.44. The molecule has 0 radical (unpaired) electrons. The number of benzene rings is 1. The molecule has 0 spiro atoms. The molecule has 0 saturated carbocycles. The molecule has 3 heterocycles. The van der Waals surface area contributed by atoms with Gasteiger partial charge in [0.1, 0.15) is 13.2 Å². The van der Waals surface area contributed by atoms with E-state index in [0.717, 1.165) is 0 Å². The number of carbonyl (C=O) groups excluding carboxylic acids is 1. The molecule has 9 nitrogen and oxygen atoms in total. The molecule has 0 bridgehead atoms. The van der Waals surface area contributed by atoms with Gasteiger partial charge in [-0.25, -0.2) is 4.79 Å². The quantitative estimate of drug-likeness (QED) is 0.854. The van der Waals surface area contributed by atoms with Gasteiger partial charge in [0.15, 0.2) is 11.5 Å². The summed E-state index contributed by atoms with van der Waals surface area (Å²) in [6.45, 7) is 1.99. The van der Waals surface area contributed by atoms with Gasteiger partial charge >= 0.3 is 5.97 Å². The first-order valence-corrected chi connectivity index (χ1v) is 9.11. The monoisotopic (exact) mass is 387 g/mol. The molecule has 1 N–H and O–H groups in total. The van der Waals surface area contributed by atoms with E-state index in [4.69, 9.17) is 19.3 Å². The van der Waals surface area contributed by atoms with Gasteiger partial charge in [-0.15, -0.1) is 0 Å². The smallest absolute Gasteiger partial charge is 0.338 e. The molecule has 28 heavy (non-hydrogen) atoms. The molecule has 0 atom stereocenters. The van der Waals surface area contributed by atoms with Crippen LogP contribution in [0.25, 0.3) is 0 Å². The Bertz CT molecular complexity index is 884. The highest BCUT2D eigenvalue weighted by Crippen LogP contribution is 2.40. The van der Waals surface area contributed by atoms with E-state index < -0.39 is 5.97 Å². The van der Waals surface area contributed by atoms with E-state index in [2.05, 4.69) is 5.10 Å². The van der Waals surface area contributed by atoms with Gasteiger partial charge in [0, 0.05) is 24.8 Å². The number of aromatic carboxylic acids is 1. The maximum absolute atomic E-state index is 13.0. The lowest BCUT2D eigenvalue weighted by molar-refractivity contribution is 0.0686. The van der Waals surface area contributed by atoms with Gasteiger partial charge in [-0.1, -0.05) is 0 Å². The first kappa shape index (κ1) is 18.1. The van der Waals surface area contributed by atoms with Crippen LogP contribution in [0.15, 0.2) is 24.5 Å². The molecule has 9 heteroatoms. The highest BCUT2D eigenvalue weighted by atomic mass is 16.6. The van der Waals surface area contributed by atoms with Crippen LogP contribution in [0, 0.1) is 0 Å². The number of ether oxygens (including phenoxy) is 3. The number of amides is 1. The van der Waals surface area contributed by atoms with E-state index in [1.807, 2.05) is 0 Å². The molecular weight excluding hydrogens is 366 g/mol. The second-order valence-corrected chi connectivity index (χ2v) is 6.74. The fraction of sp³-hybridized carbons (Fsp3) is 0.421. The lowest BCUT2D eigenvalue weighted by atomic mass is 10.0. The van der Waals surface area contributed by atoms with Gasteiger partial charge in [-0.05, 0) is 25.0 Å². The Hall–Kier alpha value is -3.23. The number of carboxylic acid groups (broad SMARTS) is 1. The zero-order valence-electron chi connectivity index (χ0n) is 15.5. The Morgan fingerprint density at radius 2 is 1.93 bits per heavy atom. The number of fused-ring (bicyclic) bond motifs is 1. The van der Waals surface area contributed by atoms with Gasteiger partial charge in [0.25, 0.3) is 5.91 Å². The third-order valence-corrected chi connectivity index (χ3v) is 5.05. The minimum atomic E-state index is -0.994. The zero-order valence-corrected chi connectivity index (χ0v) is 15.5. The normalized spacial score (nSPS) is 16.7. The minimum Gasteiger partial charge on any atom is -0.493 e. The van der Waals surface area contributed by atoms with Gasteiger partial charge in [-0.2, -0.15) is 5.10 Å².